The Morgan fingerprint density at radius 2 is 1.80 bits per heavy atom. The minimum atomic E-state index is -0.912. The summed E-state index contributed by atoms with van der Waals surface area (Å²) in [7, 11) is 2.14. The number of fused-ring (bicyclic) bond motifs is 2. The van der Waals surface area contributed by atoms with Gasteiger partial charge >= 0.3 is 6.01 Å². The first-order valence-electron chi connectivity index (χ1n) is 14.3. The number of likely N-dealkylation sites (tertiary alicyclic amines) is 1. The maximum Gasteiger partial charge on any atom is 0.318 e. The Kier molecular flexibility index (Phi) is 7.56. The predicted molar refractivity (Wildman–Crippen MR) is 156 cm³/mol. The van der Waals surface area contributed by atoms with E-state index < -0.39 is 11.7 Å². The standard InChI is InChI=1S/C31H37FN6O2/c1-22(32)30(39)37-18-16-36(17-19-37)29-26-12-7-15-38(28-13-5-9-23-8-3-4-11-25(23)28)20-27(26)33-31(34-29)40-21-24-10-6-14-35(24)2/h3-5,8-9,11,13,24H,1,6-7,10,12,14-21H2,2H3/t24-/m0/s1. The van der Waals surface area contributed by atoms with Gasteiger partial charge in [-0.15, -0.1) is 0 Å². The molecule has 3 aliphatic rings. The molecule has 3 aliphatic heterocycles. The Morgan fingerprint density at radius 1 is 1.00 bits per heavy atom. The zero-order valence-electron chi connectivity index (χ0n) is 23.2. The van der Waals surface area contributed by atoms with Crippen LogP contribution in [0.25, 0.3) is 10.8 Å². The van der Waals surface area contributed by atoms with Crippen LogP contribution in [0.5, 0.6) is 6.01 Å². The number of nitrogens with zero attached hydrogens (tertiary/aromatic N) is 6. The number of likely N-dealkylation sites (N-methyl/N-ethyl adjacent to an activating group) is 1. The Morgan fingerprint density at radius 3 is 2.58 bits per heavy atom. The largest absolute Gasteiger partial charge is 0.462 e. The van der Waals surface area contributed by atoms with E-state index in [1.165, 1.54) is 27.8 Å². The molecule has 0 bridgehead atoms. The number of rotatable bonds is 6. The lowest BCUT2D eigenvalue weighted by molar-refractivity contribution is -0.128. The van der Waals surface area contributed by atoms with Crippen LogP contribution in [0.3, 0.4) is 0 Å². The van der Waals surface area contributed by atoms with Gasteiger partial charge in [0.15, 0.2) is 5.83 Å². The summed E-state index contributed by atoms with van der Waals surface area (Å²) in [5.74, 6) is -0.659. The minimum Gasteiger partial charge on any atom is -0.462 e. The monoisotopic (exact) mass is 544 g/mol. The van der Waals surface area contributed by atoms with Gasteiger partial charge in [0.2, 0.25) is 0 Å². The second kappa shape index (κ2) is 11.4. The van der Waals surface area contributed by atoms with Gasteiger partial charge in [-0.2, -0.15) is 9.97 Å². The highest BCUT2D eigenvalue weighted by Crippen LogP contribution is 2.34. The van der Waals surface area contributed by atoms with Crippen molar-refractivity contribution in [1.82, 2.24) is 19.8 Å². The molecule has 9 heteroatoms. The molecule has 0 aliphatic carbocycles. The lowest BCUT2D eigenvalue weighted by Crippen LogP contribution is -2.49. The molecular weight excluding hydrogens is 507 g/mol. The molecule has 40 heavy (non-hydrogen) atoms. The average Bonchev–Trinajstić information content (AvgIpc) is 3.27. The smallest absolute Gasteiger partial charge is 0.318 e. The third-order valence-corrected chi connectivity index (χ3v) is 8.53. The summed E-state index contributed by atoms with van der Waals surface area (Å²) < 4.78 is 19.8. The predicted octanol–water partition coefficient (Wildman–Crippen LogP) is 4.19. The first kappa shape index (κ1) is 26.5. The normalized spacial score (nSPS) is 19.9. The van der Waals surface area contributed by atoms with E-state index in [4.69, 9.17) is 14.7 Å². The summed E-state index contributed by atoms with van der Waals surface area (Å²) in [5.41, 5.74) is 3.34. The van der Waals surface area contributed by atoms with E-state index in [1.807, 2.05) is 0 Å². The molecule has 210 valence electrons. The molecule has 1 aromatic heterocycles. The van der Waals surface area contributed by atoms with E-state index in [2.05, 4.69) is 70.8 Å². The molecule has 0 N–H and O–H groups in total. The van der Waals surface area contributed by atoms with Gasteiger partial charge in [0.1, 0.15) is 12.4 Å². The molecule has 0 saturated carbocycles. The second-order valence-electron chi connectivity index (χ2n) is 11.1. The Balaban J connectivity index is 1.31. The highest BCUT2D eigenvalue weighted by molar-refractivity contribution is 5.94. The van der Waals surface area contributed by atoms with Gasteiger partial charge in [-0.3, -0.25) is 4.79 Å². The molecule has 3 aromatic rings. The molecule has 0 unspecified atom stereocenters. The van der Waals surface area contributed by atoms with Gasteiger partial charge in [-0.1, -0.05) is 43.0 Å². The average molecular weight is 545 g/mol. The van der Waals surface area contributed by atoms with E-state index in [0.29, 0.717) is 51.4 Å². The van der Waals surface area contributed by atoms with Crippen LogP contribution in [0, 0.1) is 0 Å². The Labute approximate surface area is 235 Å². The van der Waals surface area contributed by atoms with Crippen LogP contribution in [-0.4, -0.2) is 84.6 Å². The molecule has 8 nitrogen and oxygen atoms in total. The SMILES string of the molecule is C=C(F)C(=O)N1CCN(c2nc(OC[C@@H]3CCCN3C)nc3c2CCCN(c2cccc4ccccc24)C3)CC1. The Hall–Kier alpha value is -3.72. The van der Waals surface area contributed by atoms with Gasteiger partial charge < -0.3 is 24.3 Å². The van der Waals surface area contributed by atoms with Crippen molar-refractivity contribution in [1.29, 1.82) is 0 Å². The van der Waals surface area contributed by atoms with E-state index in [9.17, 15) is 9.18 Å². The molecule has 2 saturated heterocycles. The fourth-order valence-corrected chi connectivity index (χ4v) is 6.26. The lowest BCUT2D eigenvalue weighted by atomic mass is 10.1. The van der Waals surface area contributed by atoms with Crippen LogP contribution in [0.15, 0.2) is 54.9 Å². The van der Waals surface area contributed by atoms with E-state index in [-0.39, 0.29) is 0 Å². The van der Waals surface area contributed by atoms with Crippen LogP contribution in [0.1, 0.15) is 30.5 Å². The number of benzene rings is 2. The van der Waals surface area contributed by atoms with Crippen molar-refractivity contribution < 1.29 is 13.9 Å². The molecule has 1 amide bonds. The van der Waals surface area contributed by atoms with Crippen LogP contribution in [0.4, 0.5) is 15.9 Å². The van der Waals surface area contributed by atoms with Crippen LogP contribution in [-0.2, 0) is 17.8 Å². The van der Waals surface area contributed by atoms with Gasteiger partial charge in [-0.25, -0.2) is 4.39 Å². The van der Waals surface area contributed by atoms with Gasteiger partial charge in [0.25, 0.3) is 5.91 Å². The van der Waals surface area contributed by atoms with Gasteiger partial charge in [-0.05, 0) is 50.7 Å². The molecule has 6 rings (SSSR count). The number of carbonyl (C=O) groups excluding carboxylic acids is 1. The van der Waals surface area contributed by atoms with E-state index >= 15 is 0 Å². The zero-order chi connectivity index (χ0) is 27.6. The van der Waals surface area contributed by atoms with Crippen LogP contribution < -0.4 is 14.5 Å². The third kappa shape index (κ3) is 5.35. The van der Waals surface area contributed by atoms with Crippen molar-refractivity contribution >= 4 is 28.2 Å². The van der Waals surface area contributed by atoms with Crippen LogP contribution in [0.2, 0.25) is 0 Å². The molecule has 2 aromatic carbocycles. The number of ether oxygens (including phenoxy) is 1. The van der Waals surface area contributed by atoms with Crippen molar-refractivity contribution in [2.24, 2.45) is 0 Å². The van der Waals surface area contributed by atoms with E-state index in [0.717, 1.165) is 49.4 Å². The summed E-state index contributed by atoms with van der Waals surface area (Å²) in [4.78, 5) is 30.6. The first-order chi connectivity index (χ1) is 19.5. The highest BCUT2D eigenvalue weighted by Gasteiger charge is 2.29. The van der Waals surface area contributed by atoms with Crippen molar-refractivity contribution in [3.05, 3.63) is 66.1 Å². The quantitative estimate of drug-likeness (QED) is 0.431. The summed E-state index contributed by atoms with van der Waals surface area (Å²) >= 11 is 0. The van der Waals surface area contributed by atoms with E-state index in [1.54, 1.807) is 0 Å². The molecule has 2 fully saturated rings. The number of hydrogen-bond donors (Lipinski definition) is 0. The summed E-state index contributed by atoms with van der Waals surface area (Å²) in [6.45, 7) is 8.38. The van der Waals surface area contributed by atoms with Gasteiger partial charge in [0, 0.05) is 55.4 Å². The number of carbonyl (C=O) groups is 1. The number of anilines is 2. The number of hydrogen-bond acceptors (Lipinski definition) is 7. The molecule has 1 atom stereocenters. The third-order valence-electron chi connectivity index (χ3n) is 8.53. The zero-order valence-corrected chi connectivity index (χ0v) is 23.2. The van der Waals surface area contributed by atoms with Crippen LogP contribution >= 0.6 is 0 Å². The van der Waals surface area contributed by atoms with Crippen molar-refractivity contribution in [2.45, 2.75) is 38.3 Å². The summed E-state index contributed by atoms with van der Waals surface area (Å²) in [5, 5.41) is 2.46. The maximum absolute atomic E-state index is 13.5. The highest BCUT2D eigenvalue weighted by atomic mass is 19.1. The maximum atomic E-state index is 13.5. The fraction of sp³-hybridized carbons (Fsp3) is 0.452. The fourth-order valence-electron chi connectivity index (χ4n) is 6.26. The van der Waals surface area contributed by atoms with Crippen molar-refractivity contribution in [3.8, 4) is 6.01 Å². The van der Waals surface area contributed by atoms with Crippen molar-refractivity contribution in [3.63, 3.8) is 0 Å². The van der Waals surface area contributed by atoms with Crippen molar-refractivity contribution in [2.75, 3.05) is 62.7 Å². The topological polar surface area (TPSA) is 65.0 Å². The van der Waals surface area contributed by atoms with Gasteiger partial charge in [0.05, 0.1) is 12.2 Å². The number of amides is 1. The summed E-state index contributed by atoms with van der Waals surface area (Å²) in [6.07, 6.45) is 4.12. The molecular formula is C31H37FN6O2. The second-order valence-corrected chi connectivity index (χ2v) is 11.1. The number of halogens is 1. The molecule has 0 radical (unpaired) electrons. The number of piperazine rings is 1. The molecule has 0 spiro atoms. The summed E-state index contributed by atoms with van der Waals surface area (Å²) in [6, 6.07) is 15.7. The lowest BCUT2D eigenvalue weighted by Gasteiger charge is -2.36. The number of aromatic nitrogens is 2. The minimum absolute atomic E-state index is 0.362. The first-order valence-corrected chi connectivity index (χ1v) is 14.3. The molecule has 4 heterocycles. The Bertz CT molecular complexity index is 1400.